The minimum absolute atomic E-state index is 0.246. The Hall–Kier alpha value is -0.255. The molecule has 0 aromatic rings. The fourth-order valence-corrected chi connectivity index (χ4v) is 4.50. The molecule has 5 atom stereocenters. The van der Waals surface area contributed by atoms with Gasteiger partial charge in [-0.3, -0.25) is 0 Å². The Balaban J connectivity index is 2.75. The van der Waals surface area contributed by atoms with E-state index < -0.39 is 14.5 Å². The summed E-state index contributed by atoms with van der Waals surface area (Å²) in [5.74, 6) is 0. The summed E-state index contributed by atoms with van der Waals surface area (Å²) >= 11 is 0. The molecule has 25 heavy (non-hydrogen) atoms. The zero-order valence-corrected chi connectivity index (χ0v) is 16.9. The van der Waals surface area contributed by atoms with Crippen LogP contribution in [0.25, 0.3) is 4.85 Å². The van der Waals surface area contributed by atoms with Gasteiger partial charge in [0, 0.05) is 32.3 Å². The van der Waals surface area contributed by atoms with Crippen molar-refractivity contribution in [3.05, 3.63) is 11.4 Å². The number of hydrogen-bond donors (Lipinski definition) is 0. The van der Waals surface area contributed by atoms with Gasteiger partial charge in [-0.05, 0) is 27.7 Å². The van der Waals surface area contributed by atoms with Gasteiger partial charge in [0.2, 0.25) is 6.54 Å². The molecule has 0 aliphatic carbocycles. The van der Waals surface area contributed by atoms with Crippen LogP contribution in [0.5, 0.6) is 0 Å². The molecule has 1 saturated heterocycles. The largest absolute Gasteiger partial charge is 0.377 e. The molecule has 1 heterocycles. The molecule has 0 spiro atoms. The Bertz CT molecular complexity index is 416. The van der Waals surface area contributed by atoms with Crippen LogP contribution in [-0.2, 0) is 23.3 Å². The first-order valence-electron chi connectivity index (χ1n) is 8.51. The van der Waals surface area contributed by atoms with Crippen molar-refractivity contribution < 1.29 is 23.3 Å². The molecule has 142 valence electrons. The quantitative estimate of drug-likeness (QED) is 0.240. The molecule has 2 radical (unpaired) electrons. The number of ether oxygens (including phenoxy) is 3. The summed E-state index contributed by atoms with van der Waals surface area (Å²) in [6.45, 7) is 16.2. The summed E-state index contributed by atoms with van der Waals surface area (Å²) in [6.07, 6.45) is -0.966. The lowest BCUT2D eigenvalue weighted by molar-refractivity contribution is -0.0378. The van der Waals surface area contributed by atoms with Gasteiger partial charge >= 0.3 is 0 Å². The Morgan fingerprint density at radius 1 is 1.12 bits per heavy atom. The Morgan fingerprint density at radius 2 is 1.72 bits per heavy atom. The zero-order chi connectivity index (χ0) is 19.0. The summed E-state index contributed by atoms with van der Waals surface area (Å²) in [5, 5.41) is 0. The highest BCUT2D eigenvalue weighted by atomic mass is 31.2. The fourth-order valence-electron chi connectivity index (χ4n) is 2.89. The average Bonchev–Trinajstić information content (AvgIpc) is 2.86. The molecule has 1 rings (SSSR count). The van der Waals surface area contributed by atoms with E-state index in [4.69, 9.17) is 37.7 Å². The first-order valence-corrected chi connectivity index (χ1v) is 9.64. The van der Waals surface area contributed by atoms with E-state index in [1.54, 1.807) is 14.2 Å². The van der Waals surface area contributed by atoms with Crippen LogP contribution < -0.4 is 0 Å². The first kappa shape index (κ1) is 22.8. The summed E-state index contributed by atoms with van der Waals surface area (Å²) in [5.41, 5.74) is 0. The maximum atomic E-state index is 6.91. The van der Waals surface area contributed by atoms with Gasteiger partial charge in [0.1, 0.15) is 32.8 Å². The zero-order valence-electron chi connectivity index (χ0n) is 16.0. The van der Waals surface area contributed by atoms with Crippen LogP contribution in [0.2, 0.25) is 0 Å². The van der Waals surface area contributed by atoms with Gasteiger partial charge in [0.25, 0.3) is 8.53 Å². The molecule has 0 amide bonds. The summed E-state index contributed by atoms with van der Waals surface area (Å²) in [6, 6.07) is -0.0596. The molecule has 0 saturated carbocycles. The molecule has 2 unspecified atom stereocenters. The molecular formula is C16H30BN2O5P. The number of nitrogens with zero attached hydrogens (tertiary/aromatic N) is 2. The lowest BCUT2D eigenvalue weighted by Gasteiger charge is -2.36. The van der Waals surface area contributed by atoms with E-state index in [9.17, 15) is 0 Å². The monoisotopic (exact) mass is 372 g/mol. The molecule has 1 fully saturated rings. The molecule has 0 bridgehead atoms. The highest BCUT2D eigenvalue weighted by Gasteiger charge is 2.43. The van der Waals surface area contributed by atoms with Gasteiger partial charge in [-0.25, -0.2) is 11.2 Å². The van der Waals surface area contributed by atoms with Crippen molar-refractivity contribution in [3.63, 3.8) is 0 Å². The van der Waals surface area contributed by atoms with E-state index in [2.05, 4.69) is 37.2 Å². The van der Waals surface area contributed by atoms with Gasteiger partial charge < -0.3 is 28.1 Å². The van der Waals surface area contributed by atoms with Crippen molar-refractivity contribution in [2.45, 2.75) is 64.1 Å². The van der Waals surface area contributed by atoms with Gasteiger partial charge in [-0.1, -0.05) is 0 Å². The summed E-state index contributed by atoms with van der Waals surface area (Å²) in [4.78, 5) is 3.33. The molecule has 9 heteroatoms. The van der Waals surface area contributed by atoms with Crippen LogP contribution >= 0.6 is 8.53 Å². The molecule has 0 aromatic heterocycles. The van der Waals surface area contributed by atoms with Crippen molar-refractivity contribution in [1.82, 2.24) is 4.67 Å². The maximum absolute atomic E-state index is 6.91. The number of hydrogen-bond acceptors (Lipinski definition) is 6. The fraction of sp³-hybridized carbons (Fsp3) is 0.938. The highest BCUT2D eigenvalue weighted by Crippen LogP contribution is 2.46. The lowest BCUT2D eigenvalue weighted by Crippen LogP contribution is -2.38. The van der Waals surface area contributed by atoms with E-state index >= 15 is 0 Å². The van der Waals surface area contributed by atoms with Crippen LogP contribution in [0.15, 0.2) is 0 Å². The van der Waals surface area contributed by atoms with Gasteiger partial charge in [-0.2, -0.15) is 0 Å². The highest BCUT2D eigenvalue weighted by molar-refractivity contribution is 7.44. The smallest absolute Gasteiger partial charge is 0.259 e. The Morgan fingerprint density at radius 3 is 2.20 bits per heavy atom. The SMILES string of the molecule is [B][C@@H]1O[C@H](COP(OCC[N+]#[C-])N(C(C)C)C(C)C)C(OC)[C@@H]1OC. The van der Waals surface area contributed by atoms with Gasteiger partial charge in [0.05, 0.1) is 6.61 Å². The predicted molar refractivity (Wildman–Crippen MR) is 98.4 cm³/mol. The maximum Gasteiger partial charge on any atom is 0.259 e. The topological polar surface area (TPSA) is 53.8 Å². The minimum Gasteiger partial charge on any atom is -0.377 e. The number of methoxy groups -OCH3 is 2. The predicted octanol–water partition coefficient (Wildman–Crippen LogP) is 2.21. The van der Waals surface area contributed by atoms with Crippen molar-refractivity contribution in [2.75, 3.05) is 34.0 Å². The minimum atomic E-state index is -1.31. The third-order valence-electron chi connectivity index (χ3n) is 3.89. The molecule has 0 aromatic carbocycles. The van der Waals surface area contributed by atoms with Crippen LogP contribution in [0.3, 0.4) is 0 Å². The third-order valence-corrected chi connectivity index (χ3v) is 5.97. The van der Waals surface area contributed by atoms with E-state index in [1.807, 2.05) is 0 Å². The van der Waals surface area contributed by atoms with E-state index in [0.717, 1.165) is 0 Å². The summed E-state index contributed by atoms with van der Waals surface area (Å²) in [7, 11) is 7.83. The van der Waals surface area contributed by atoms with Gasteiger partial charge in [-0.15, -0.1) is 0 Å². The van der Waals surface area contributed by atoms with Crippen LogP contribution in [0, 0.1) is 6.57 Å². The second kappa shape index (κ2) is 11.5. The Kier molecular flexibility index (Phi) is 10.4. The van der Waals surface area contributed by atoms with E-state index in [1.165, 1.54) is 0 Å². The van der Waals surface area contributed by atoms with Crippen molar-refractivity contribution >= 4 is 16.4 Å². The second-order valence-electron chi connectivity index (χ2n) is 6.36. The molecular weight excluding hydrogens is 342 g/mol. The van der Waals surface area contributed by atoms with E-state index in [0.29, 0.717) is 13.2 Å². The normalized spacial score (nSPS) is 28.0. The van der Waals surface area contributed by atoms with Crippen LogP contribution in [-0.4, -0.2) is 82.9 Å². The van der Waals surface area contributed by atoms with Crippen LogP contribution in [0.1, 0.15) is 27.7 Å². The molecule has 7 nitrogen and oxygen atoms in total. The number of rotatable bonds is 11. The third kappa shape index (κ3) is 6.44. The van der Waals surface area contributed by atoms with Crippen LogP contribution in [0.4, 0.5) is 0 Å². The first-order chi connectivity index (χ1) is 11.9. The standard InChI is InChI=1S/C16H30BN2O5P/c1-11(2)19(12(3)4)25(22-9-8-18-5)23-10-13-14(20-6)15(21-7)16(17)24-13/h11-16H,8-10H2,1-4,6-7H3/t13-,14?,15+,16-,25?/m1/s1. The molecule has 1 aliphatic heterocycles. The van der Waals surface area contributed by atoms with E-state index in [-0.39, 0.29) is 37.0 Å². The van der Waals surface area contributed by atoms with Crippen molar-refractivity contribution in [3.8, 4) is 0 Å². The van der Waals surface area contributed by atoms with Crippen molar-refractivity contribution in [2.24, 2.45) is 0 Å². The average molecular weight is 372 g/mol. The molecule has 0 N–H and O–H groups in total. The second-order valence-corrected chi connectivity index (χ2v) is 7.81. The van der Waals surface area contributed by atoms with Gasteiger partial charge in [0.15, 0.2) is 0 Å². The Labute approximate surface area is 154 Å². The molecule has 1 aliphatic rings. The lowest BCUT2D eigenvalue weighted by atomic mass is 9.93. The van der Waals surface area contributed by atoms with Crippen molar-refractivity contribution in [1.29, 1.82) is 0 Å². The summed E-state index contributed by atoms with van der Waals surface area (Å²) < 4.78 is 30.7.